The Kier molecular flexibility index (Phi) is 7.88. The van der Waals surface area contributed by atoms with Gasteiger partial charge in [0, 0.05) is 38.5 Å². The topological polar surface area (TPSA) is 132 Å². The lowest BCUT2D eigenvalue weighted by Crippen LogP contribution is -2.62. The third-order valence-electron chi connectivity index (χ3n) is 6.34. The number of aryl methyl sites for hydroxylation is 1. The average molecular weight is 512 g/mol. The summed E-state index contributed by atoms with van der Waals surface area (Å²) >= 11 is 0. The van der Waals surface area contributed by atoms with Crippen molar-refractivity contribution in [3.05, 3.63) is 59.7 Å². The van der Waals surface area contributed by atoms with Gasteiger partial charge in [-0.25, -0.2) is 13.2 Å². The molecule has 2 aliphatic rings. The molecular formula is C25H29N5O5S. The number of nitrogens with zero attached hydrogens (tertiary/aromatic N) is 3. The summed E-state index contributed by atoms with van der Waals surface area (Å²) in [5.41, 5.74) is 1.99. The number of amides is 3. The molecule has 0 aromatic heterocycles. The third kappa shape index (κ3) is 5.84. The number of benzene rings is 2. The predicted molar refractivity (Wildman–Crippen MR) is 133 cm³/mol. The number of nitriles is 1. The molecule has 2 heterocycles. The van der Waals surface area contributed by atoms with Gasteiger partial charge in [-0.15, -0.1) is 0 Å². The highest BCUT2D eigenvalue weighted by molar-refractivity contribution is 7.89. The lowest BCUT2D eigenvalue weighted by atomic mass is 10.2. The molecule has 2 unspecified atom stereocenters. The van der Waals surface area contributed by atoms with E-state index in [1.54, 1.807) is 12.1 Å². The predicted octanol–water partition coefficient (Wildman–Crippen LogP) is 2.07. The number of urea groups is 1. The molecule has 36 heavy (non-hydrogen) atoms. The van der Waals surface area contributed by atoms with E-state index in [9.17, 15) is 18.0 Å². The molecule has 3 amide bonds. The van der Waals surface area contributed by atoms with Crippen LogP contribution in [0.4, 0.5) is 10.5 Å². The molecule has 11 heteroatoms. The van der Waals surface area contributed by atoms with Crippen LogP contribution >= 0.6 is 0 Å². The van der Waals surface area contributed by atoms with Crippen molar-refractivity contribution in [3.8, 4) is 6.07 Å². The van der Waals surface area contributed by atoms with Crippen LogP contribution in [0.2, 0.25) is 0 Å². The Bertz CT molecular complexity index is 1240. The van der Waals surface area contributed by atoms with Crippen LogP contribution in [-0.2, 0) is 19.6 Å². The quantitative estimate of drug-likeness (QED) is 0.610. The van der Waals surface area contributed by atoms with Crippen LogP contribution in [0.3, 0.4) is 0 Å². The molecule has 0 spiro atoms. The molecular weight excluding hydrogens is 482 g/mol. The molecule has 190 valence electrons. The maximum atomic E-state index is 13.5. The monoisotopic (exact) mass is 511 g/mol. The zero-order valence-corrected chi connectivity index (χ0v) is 20.8. The molecule has 2 aromatic rings. The van der Waals surface area contributed by atoms with Crippen LogP contribution in [0.25, 0.3) is 0 Å². The first-order chi connectivity index (χ1) is 17.3. The molecule has 2 fully saturated rings. The summed E-state index contributed by atoms with van der Waals surface area (Å²) in [6.45, 7) is 2.81. The van der Waals surface area contributed by atoms with Gasteiger partial charge in [-0.05, 0) is 56.2 Å². The SMILES string of the molecule is Cc1ccc(NC(=O)N2CCN(S(=O)(=O)c3ccc(C#N)cc3)C(C(=O)NCC3CCCO3)C2)cc1. The number of rotatable bonds is 6. The van der Waals surface area contributed by atoms with Crippen molar-refractivity contribution in [2.24, 2.45) is 0 Å². The number of sulfonamides is 1. The Hall–Kier alpha value is -3.46. The third-order valence-corrected chi connectivity index (χ3v) is 8.26. The van der Waals surface area contributed by atoms with Gasteiger partial charge in [0.1, 0.15) is 6.04 Å². The maximum absolute atomic E-state index is 13.5. The van der Waals surface area contributed by atoms with E-state index in [0.29, 0.717) is 17.9 Å². The summed E-state index contributed by atoms with van der Waals surface area (Å²) in [6.07, 6.45) is 1.63. The van der Waals surface area contributed by atoms with E-state index < -0.39 is 28.0 Å². The van der Waals surface area contributed by atoms with Gasteiger partial charge in [-0.1, -0.05) is 17.7 Å². The van der Waals surface area contributed by atoms with Crippen molar-refractivity contribution >= 4 is 27.6 Å². The van der Waals surface area contributed by atoms with Gasteiger partial charge in [0.15, 0.2) is 0 Å². The van der Waals surface area contributed by atoms with Crippen LogP contribution in [-0.4, -0.2) is 74.5 Å². The van der Waals surface area contributed by atoms with Gasteiger partial charge in [0.05, 0.1) is 22.6 Å². The van der Waals surface area contributed by atoms with Crippen molar-refractivity contribution in [1.82, 2.24) is 14.5 Å². The Labute approximate surface area is 210 Å². The van der Waals surface area contributed by atoms with Crippen molar-refractivity contribution in [2.45, 2.75) is 36.8 Å². The van der Waals surface area contributed by atoms with Crippen LogP contribution in [0.15, 0.2) is 53.4 Å². The summed E-state index contributed by atoms with van der Waals surface area (Å²) < 4.78 is 33.7. The molecule has 4 rings (SSSR count). The number of hydrogen-bond acceptors (Lipinski definition) is 6. The van der Waals surface area contributed by atoms with Crippen molar-refractivity contribution in [3.63, 3.8) is 0 Å². The average Bonchev–Trinajstić information content (AvgIpc) is 3.42. The summed E-state index contributed by atoms with van der Waals surface area (Å²) in [6, 6.07) is 13.3. The Morgan fingerprint density at radius 1 is 1.11 bits per heavy atom. The lowest BCUT2D eigenvalue weighted by Gasteiger charge is -2.39. The zero-order valence-electron chi connectivity index (χ0n) is 20.0. The molecule has 0 saturated carbocycles. The first kappa shape index (κ1) is 25.6. The summed E-state index contributed by atoms with van der Waals surface area (Å²) in [5.74, 6) is -0.490. The fourth-order valence-corrected chi connectivity index (χ4v) is 5.84. The van der Waals surface area contributed by atoms with Gasteiger partial charge in [0.2, 0.25) is 15.9 Å². The van der Waals surface area contributed by atoms with Gasteiger partial charge < -0.3 is 20.3 Å². The Morgan fingerprint density at radius 2 is 1.83 bits per heavy atom. The molecule has 2 N–H and O–H groups in total. The van der Waals surface area contributed by atoms with Crippen molar-refractivity contribution in [1.29, 1.82) is 5.26 Å². The second-order valence-corrected chi connectivity index (χ2v) is 10.8. The first-order valence-electron chi connectivity index (χ1n) is 11.8. The number of anilines is 1. The number of nitrogens with one attached hydrogen (secondary N) is 2. The largest absolute Gasteiger partial charge is 0.376 e. The highest BCUT2D eigenvalue weighted by atomic mass is 32.2. The molecule has 2 atom stereocenters. The lowest BCUT2D eigenvalue weighted by molar-refractivity contribution is -0.126. The van der Waals surface area contributed by atoms with E-state index in [-0.39, 0.29) is 37.2 Å². The number of carbonyl (C=O) groups excluding carboxylic acids is 2. The molecule has 2 aliphatic heterocycles. The summed E-state index contributed by atoms with van der Waals surface area (Å²) in [7, 11) is -4.06. The van der Waals surface area contributed by atoms with Crippen LogP contribution in [0, 0.1) is 18.3 Å². The minimum absolute atomic E-state index is 0.0176. The highest BCUT2D eigenvalue weighted by Gasteiger charge is 2.41. The molecule has 0 radical (unpaired) electrons. The minimum Gasteiger partial charge on any atom is -0.376 e. The first-order valence-corrected chi connectivity index (χ1v) is 13.3. The van der Waals surface area contributed by atoms with Gasteiger partial charge in [-0.2, -0.15) is 9.57 Å². The van der Waals surface area contributed by atoms with Gasteiger partial charge >= 0.3 is 6.03 Å². The summed E-state index contributed by atoms with van der Waals surface area (Å²) in [4.78, 5) is 27.6. The van der Waals surface area contributed by atoms with E-state index in [0.717, 1.165) is 22.7 Å². The standard InChI is InChI=1S/C25H29N5O5S/c1-18-4-8-20(9-5-18)28-25(32)29-12-13-30(36(33,34)22-10-6-19(15-26)7-11-22)23(17-29)24(31)27-16-21-3-2-14-35-21/h4-11,21,23H,2-3,12-14,16-17H2,1H3,(H,27,31)(H,28,32). The van der Waals surface area contributed by atoms with E-state index in [4.69, 9.17) is 10.00 Å². The Morgan fingerprint density at radius 3 is 2.47 bits per heavy atom. The highest BCUT2D eigenvalue weighted by Crippen LogP contribution is 2.23. The Balaban J connectivity index is 1.53. The fourth-order valence-electron chi connectivity index (χ4n) is 4.27. The molecule has 2 saturated heterocycles. The maximum Gasteiger partial charge on any atom is 0.321 e. The molecule has 0 bridgehead atoms. The molecule has 2 aromatic carbocycles. The normalized spacial score (nSPS) is 20.5. The second kappa shape index (κ2) is 11.1. The van der Waals surface area contributed by atoms with Crippen LogP contribution in [0.1, 0.15) is 24.0 Å². The summed E-state index contributed by atoms with van der Waals surface area (Å²) in [5, 5.41) is 14.6. The number of hydrogen-bond donors (Lipinski definition) is 2. The van der Waals surface area contributed by atoms with Crippen LogP contribution < -0.4 is 10.6 Å². The van der Waals surface area contributed by atoms with E-state index in [2.05, 4.69) is 10.6 Å². The fraction of sp³-hybridized carbons (Fsp3) is 0.400. The van der Waals surface area contributed by atoms with Crippen molar-refractivity contribution in [2.75, 3.05) is 38.1 Å². The number of carbonyl (C=O) groups is 2. The van der Waals surface area contributed by atoms with Gasteiger partial charge in [-0.3, -0.25) is 4.79 Å². The zero-order chi connectivity index (χ0) is 25.7. The van der Waals surface area contributed by atoms with E-state index >= 15 is 0 Å². The molecule has 10 nitrogen and oxygen atoms in total. The smallest absolute Gasteiger partial charge is 0.321 e. The minimum atomic E-state index is -4.06. The number of ether oxygens (including phenoxy) is 1. The molecule has 0 aliphatic carbocycles. The van der Waals surface area contributed by atoms with Crippen molar-refractivity contribution < 1.29 is 22.7 Å². The van der Waals surface area contributed by atoms with E-state index in [1.807, 2.05) is 25.1 Å². The van der Waals surface area contributed by atoms with Crippen LogP contribution in [0.5, 0.6) is 0 Å². The van der Waals surface area contributed by atoms with Gasteiger partial charge in [0.25, 0.3) is 0 Å². The second-order valence-electron chi connectivity index (χ2n) is 8.89. The number of piperazine rings is 1. The van der Waals surface area contributed by atoms with E-state index in [1.165, 1.54) is 29.2 Å².